The third kappa shape index (κ3) is 8.65. The van der Waals surface area contributed by atoms with Gasteiger partial charge in [-0.2, -0.15) is 0 Å². The molecule has 5 heterocycles. The molecule has 0 bridgehead atoms. The molecule has 2 aliphatic rings. The van der Waals surface area contributed by atoms with Gasteiger partial charge in [0.1, 0.15) is 42.3 Å². The number of carbonyl (C=O) groups excluding carboxylic acids is 2. The average Bonchev–Trinajstić information content (AvgIpc) is 3.77. The third-order valence-corrected chi connectivity index (χ3v) is 11.1. The smallest absolute Gasteiger partial charge is 0.350 e. The second-order valence-corrected chi connectivity index (χ2v) is 14.5. The van der Waals surface area contributed by atoms with E-state index in [1.807, 2.05) is 54.6 Å². The van der Waals surface area contributed by atoms with E-state index in [1.165, 1.54) is 22.7 Å². The van der Waals surface area contributed by atoms with E-state index in [-0.39, 0.29) is 13.2 Å². The lowest BCUT2D eigenvalue weighted by atomic mass is 10.2. The maximum Gasteiger partial charge on any atom is 0.350 e. The van der Waals surface area contributed by atoms with Crippen molar-refractivity contribution in [1.29, 1.82) is 0 Å². The summed E-state index contributed by atoms with van der Waals surface area (Å²) in [4.78, 5) is 48.4. The molecule has 2 aromatic carbocycles. The third-order valence-electron chi connectivity index (χ3n) is 8.96. The fourth-order valence-electron chi connectivity index (χ4n) is 6.13. The van der Waals surface area contributed by atoms with Crippen LogP contribution in [0.15, 0.2) is 64.6 Å². The first-order valence-corrected chi connectivity index (χ1v) is 19.9. The molecule has 0 radical (unpaired) electrons. The maximum absolute atomic E-state index is 13.6. The maximum atomic E-state index is 13.6. The monoisotopic (exact) mass is 801 g/mol. The molecule has 56 heavy (non-hydrogen) atoms. The Morgan fingerprint density at radius 1 is 0.679 bits per heavy atom. The number of anilines is 2. The predicted octanol–water partition coefficient (Wildman–Crippen LogP) is 6.75. The van der Waals surface area contributed by atoms with E-state index < -0.39 is 11.9 Å². The Balaban J connectivity index is 1.42. The van der Waals surface area contributed by atoms with E-state index in [0.29, 0.717) is 106 Å². The Labute approximate surface area is 331 Å². The largest absolute Gasteiger partial charge is 0.497 e. The molecule has 0 amide bonds. The molecule has 2 aliphatic heterocycles. The van der Waals surface area contributed by atoms with Crippen molar-refractivity contribution in [3.05, 3.63) is 64.4 Å². The van der Waals surface area contributed by atoms with E-state index in [4.69, 9.17) is 43.4 Å². The highest BCUT2D eigenvalue weighted by Gasteiger charge is 2.28. The van der Waals surface area contributed by atoms with Crippen LogP contribution in [0.5, 0.6) is 11.5 Å². The zero-order valence-electron chi connectivity index (χ0n) is 31.6. The van der Waals surface area contributed by atoms with Gasteiger partial charge in [-0.25, -0.2) is 24.6 Å². The normalized spacial score (nSPS) is 15.2. The number of aliphatic imine (C=N–C) groups is 2. The molecule has 15 nitrogen and oxygen atoms in total. The van der Waals surface area contributed by atoms with Crippen LogP contribution in [0, 0.1) is 0 Å². The molecule has 0 aliphatic carbocycles. The lowest BCUT2D eigenvalue weighted by Crippen LogP contribution is -2.44. The van der Waals surface area contributed by atoms with Crippen molar-refractivity contribution in [3.63, 3.8) is 0 Å². The summed E-state index contributed by atoms with van der Waals surface area (Å²) in [6.07, 6.45) is 0. The Bertz CT molecular complexity index is 2070. The first-order chi connectivity index (χ1) is 27.4. The van der Waals surface area contributed by atoms with Gasteiger partial charge in [-0.1, -0.05) is 0 Å². The summed E-state index contributed by atoms with van der Waals surface area (Å²) in [5.41, 5.74) is 2.34. The van der Waals surface area contributed by atoms with Crippen LogP contribution in [0.3, 0.4) is 0 Å². The number of nitrogens with one attached hydrogen (secondary N) is 2. The number of rotatable bonds is 10. The number of guanidine groups is 2. The SMILES string of the molecule is CCOC(=O)c1sc2nc3sc(C(=O)OCC)c(N=C(Nc4ccc(OC)cc4)N4CCOCC4)c3cc2c1N=C(Nc1ccc(OC)cc1)N1CCOCC1. The van der Waals surface area contributed by atoms with Crippen molar-refractivity contribution in [2.45, 2.75) is 13.8 Å². The number of carbonyl (C=O) groups is 2. The molecule has 0 saturated carbocycles. The van der Waals surface area contributed by atoms with Gasteiger partial charge in [0, 0.05) is 48.3 Å². The van der Waals surface area contributed by atoms with Crippen LogP contribution < -0.4 is 20.1 Å². The standard InChI is InChI=1S/C39H43N7O8S2/c1-5-53-36(47)32-30(42-38(45-15-19-51-20-16-45)40-24-7-11-26(49-3)12-8-24)28-23-29-31(33(37(48)54-6-2)56-35(29)44-34(28)55-32)43-39(46-17-21-52-22-18-46)41-25-9-13-27(50-4)14-10-25/h7-14,23H,5-6,15-22H2,1-4H3,(H,40,42)(H,41,43). The van der Waals surface area contributed by atoms with E-state index in [9.17, 15) is 9.59 Å². The molecule has 294 valence electrons. The summed E-state index contributed by atoms with van der Waals surface area (Å²) < 4.78 is 33.1. The minimum atomic E-state index is -0.507. The Hall–Kier alpha value is -5.49. The van der Waals surface area contributed by atoms with Crippen LogP contribution in [-0.2, 0) is 18.9 Å². The van der Waals surface area contributed by atoms with Crippen LogP contribution in [0.2, 0.25) is 0 Å². The molecule has 2 fully saturated rings. The van der Waals surface area contributed by atoms with Gasteiger partial charge < -0.3 is 48.9 Å². The van der Waals surface area contributed by atoms with E-state index in [0.717, 1.165) is 22.9 Å². The second-order valence-electron chi connectivity index (χ2n) is 12.5. The Kier molecular flexibility index (Phi) is 12.4. The summed E-state index contributed by atoms with van der Waals surface area (Å²) in [7, 11) is 3.24. The zero-order chi connectivity index (χ0) is 39.0. The van der Waals surface area contributed by atoms with Gasteiger partial charge in [0.2, 0.25) is 11.9 Å². The van der Waals surface area contributed by atoms with Gasteiger partial charge in [-0.05, 0) is 68.4 Å². The molecule has 5 aromatic rings. The molecule has 17 heteroatoms. The van der Waals surface area contributed by atoms with Crippen molar-refractivity contribution in [2.75, 3.05) is 90.7 Å². The lowest BCUT2D eigenvalue weighted by Gasteiger charge is -2.30. The first-order valence-electron chi connectivity index (χ1n) is 18.3. The summed E-state index contributed by atoms with van der Waals surface area (Å²) in [6, 6.07) is 16.9. The number of aromatic nitrogens is 1. The first kappa shape index (κ1) is 38.8. The minimum Gasteiger partial charge on any atom is -0.497 e. The number of esters is 2. The quantitative estimate of drug-likeness (QED) is 0.0870. The van der Waals surface area contributed by atoms with Gasteiger partial charge in [0.15, 0.2) is 0 Å². The van der Waals surface area contributed by atoms with Gasteiger partial charge in [0.25, 0.3) is 0 Å². The molecule has 0 spiro atoms. The zero-order valence-corrected chi connectivity index (χ0v) is 33.2. The Morgan fingerprint density at radius 2 is 1.07 bits per heavy atom. The molecule has 0 unspecified atom stereocenters. The number of methoxy groups -OCH3 is 2. The molecular weight excluding hydrogens is 759 g/mol. The summed E-state index contributed by atoms with van der Waals surface area (Å²) in [5.74, 6) is 1.47. The fraction of sp³-hybridized carbons (Fsp3) is 0.359. The van der Waals surface area contributed by atoms with E-state index in [2.05, 4.69) is 20.4 Å². The predicted molar refractivity (Wildman–Crippen MR) is 219 cm³/mol. The number of pyridine rings is 1. The number of hydrogen-bond acceptors (Lipinski definition) is 13. The second kappa shape index (κ2) is 18.0. The number of hydrogen-bond donors (Lipinski definition) is 2. The van der Waals surface area contributed by atoms with Crippen LogP contribution in [0.25, 0.3) is 20.4 Å². The van der Waals surface area contributed by atoms with Gasteiger partial charge in [-0.3, -0.25) is 0 Å². The van der Waals surface area contributed by atoms with Crippen molar-refractivity contribution in [3.8, 4) is 11.5 Å². The van der Waals surface area contributed by atoms with Gasteiger partial charge in [-0.15, -0.1) is 22.7 Å². The van der Waals surface area contributed by atoms with Crippen LogP contribution in [0.4, 0.5) is 22.7 Å². The number of ether oxygens (including phenoxy) is 6. The van der Waals surface area contributed by atoms with Crippen LogP contribution in [0.1, 0.15) is 33.2 Å². The number of thiophene rings is 2. The van der Waals surface area contributed by atoms with Gasteiger partial charge >= 0.3 is 11.9 Å². The molecular formula is C39H43N7O8S2. The van der Waals surface area contributed by atoms with E-state index in [1.54, 1.807) is 28.1 Å². The molecule has 2 saturated heterocycles. The van der Waals surface area contributed by atoms with Crippen molar-refractivity contribution in [1.82, 2.24) is 14.8 Å². The fourth-order valence-corrected chi connectivity index (χ4v) is 8.16. The van der Waals surface area contributed by atoms with Gasteiger partial charge in [0.05, 0.1) is 53.9 Å². The average molecular weight is 802 g/mol. The minimum absolute atomic E-state index is 0.187. The number of morpholine rings is 2. The highest BCUT2D eigenvalue weighted by atomic mass is 32.1. The molecule has 0 atom stereocenters. The lowest BCUT2D eigenvalue weighted by molar-refractivity contribution is 0.0523. The number of fused-ring (bicyclic) bond motifs is 2. The molecule has 3 aromatic heterocycles. The summed E-state index contributed by atoms with van der Waals surface area (Å²) >= 11 is 2.38. The highest BCUT2D eigenvalue weighted by molar-refractivity contribution is 7.23. The molecule has 2 N–H and O–H groups in total. The summed E-state index contributed by atoms with van der Waals surface area (Å²) in [5, 5.41) is 8.13. The topological polar surface area (TPSA) is 158 Å². The van der Waals surface area contributed by atoms with Crippen LogP contribution in [-0.4, -0.2) is 119 Å². The van der Waals surface area contributed by atoms with Crippen LogP contribution >= 0.6 is 22.7 Å². The molecule has 7 rings (SSSR count). The van der Waals surface area contributed by atoms with Crippen molar-refractivity contribution >= 4 is 89.7 Å². The highest BCUT2D eigenvalue weighted by Crippen LogP contribution is 2.45. The summed E-state index contributed by atoms with van der Waals surface area (Å²) in [6.45, 7) is 8.30. The van der Waals surface area contributed by atoms with Crippen molar-refractivity contribution < 1.29 is 38.0 Å². The Morgan fingerprint density at radius 3 is 1.43 bits per heavy atom. The number of benzene rings is 2. The number of nitrogens with zero attached hydrogens (tertiary/aromatic N) is 5. The van der Waals surface area contributed by atoms with E-state index >= 15 is 0 Å². The van der Waals surface area contributed by atoms with Crippen molar-refractivity contribution in [2.24, 2.45) is 9.98 Å².